The summed E-state index contributed by atoms with van der Waals surface area (Å²) in [5, 5.41) is 8.98. The smallest absolute Gasteiger partial charge is 0.335 e. The van der Waals surface area contributed by atoms with E-state index in [-0.39, 0.29) is 5.56 Å². The molecule has 3 aromatic rings. The summed E-state index contributed by atoms with van der Waals surface area (Å²) in [7, 11) is 0. The molecule has 0 unspecified atom stereocenters. The van der Waals surface area contributed by atoms with Gasteiger partial charge < -0.3 is 9.84 Å². The van der Waals surface area contributed by atoms with Crippen LogP contribution in [0.3, 0.4) is 0 Å². The van der Waals surface area contributed by atoms with Gasteiger partial charge in [-0.15, -0.1) is 0 Å². The number of aliphatic imine (C=N–C) groups is 1. The third kappa shape index (κ3) is 6.04. The first-order valence-corrected chi connectivity index (χ1v) is 9.83. The third-order valence-electron chi connectivity index (χ3n) is 4.62. The van der Waals surface area contributed by atoms with Gasteiger partial charge in [-0.1, -0.05) is 49.7 Å². The molecular weight excluding hydrogens is 362 g/mol. The molecule has 0 bridgehead atoms. The predicted molar refractivity (Wildman–Crippen MR) is 116 cm³/mol. The van der Waals surface area contributed by atoms with Crippen molar-refractivity contribution in [3.05, 3.63) is 95.1 Å². The Morgan fingerprint density at radius 2 is 1.66 bits per heavy atom. The number of aryl methyl sites for hydroxylation is 1. The van der Waals surface area contributed by atoms with Crippen LogP contribution in [-0.4, -0.2) is 17.3 Å². The van der Waals surface area contributed by atoms with E-state index < -0.39 is 5.97 Å². The highest BCUT2D eigenvalue weighted by atomic mass is 16.5. The van der Waals surface area contributed by atoms with E-state index in [1.807, 2.05) is 42.6 Å². The van der Waals surface area contributed by atoms with Gasteiger partial charge in [0, 0.05) is 11.8 Å². The number of carbonyl (C=O) groups is 1. The van der Waals surface area contributed by atoms with Gasteiger partial charge in [-0.05, 0) is 60.4 Å². The van der Waals surface area contributed by atoms with E-state index >= 15 is 0 Å². The van der Waals surface area contributed by atoms with Crippen LogP contribution in [0.5, 0.6) is 5.75 Å². The fourth-order valence-electron chi connectivity index (χ4n) is 2.90. The van der Waals surface area contributed by atoms with E-state index in [4.69, 9.17) is 9.84 Å². The van der Waals surface area contributed by atoms with Gasteiger partial charge >= 0.3 is 5.97 Å². The summed E-state index contributed by atoms with van der Waals surface area (Å²) >= 11 is 0. The summed E-state index contributed by atoms with van der Waals surface area (Å²) in [6.07, 6.45) is 5.31. The van der Waals surface area contributed by atoms with Gasteiger partial charge in [-0.3, -0.25) is 4.99 Å². The van der Waals surface area contributed by atoms with Crippen LogP contribution in [0.25, 0.3) is 0 Å². The lowest BCUT2D eigenvalue weighted by atomic mass is 10.1. The van der Waals surface area contributed by atoms with E-state index in [1.54, 1.807) is 24.3 Å². The van der Waals surface area contributed by atoms with E-state index in [1.165, 1.54) is 18.4 Å². The van der Waals surface area contributed by atoms with Crippen molar-refractivity contribution in [2.24, 2.45) is 4.99 Å². The number of hydrogen-bond donors (Lipinski definition) is 1. The average Bonchev–Trinajstić information content (AvgIpc) is 2.76. The van der Waals surface area contributed by atoms with E-state index in [2.05, 4.69) is 24.0 Å². The van der Waals surface area contributed by atoms with Crippen LogP contribution in [0, 0.1) is 0 Å². The Balaban J connectivity index is 1.65. The molecule has 1 N–H and O–H groups in total. The van der Waals surface area contributed by atoms with Crippen molar-refractivity contribution in [1.82, 2.24) is 0 Å². The molecule has 3 rings (SSSR count). The van der Waals surface area contributed by atoms with Crippen LogP contribution >= 0.6 is 0 Å². The molecule has 0 fully saturated rings. The van der Waals surface area contributed by atoms with Crippen molar-refractivity contribution >= 4 is 17.9 Å². The zero-order chi connectivity index (χ0) is 20.5. The largest absolute Gasteiger partial charge is 0.488 e. The molecule has 0 saturated carbocycles. The molecule has 0 aliphatic carbocycles. The maximum absolute atomic E-state index is 10.9. The first-order chi connectivity index (χ1) is 14.2. The second-order valence-electron chi connectivity index (χ2n) is 6.86. The van der Waals surface area contributed by atoms with Crippen molar-refractivity contribution in [3.8, 4) is 5.75 Å². The highest BCUT2D eigenvalue weighted by molar-refractivity contribution is 5.87. The minimum Gasteiger partial charge on any atom is -0.488 e. The monoisotopic (exact) mass is 387 g/mol. The minimum absolute atomic E-state index is 0.266. The molecule has 0 aliphatic heterocycles. The number of unbranched alkanes of at least 4 members (excludes halogenated alkanes) is 1. The molecule has 0 aromatic heterocycles. The normalized spacial score (nSPS) is 10.9. The number of para-hydroxylation sites is 1. The first-order valence-electron chi connectivity index (χ1n) is 9.83. The minimum atomic E-state index is -0.933. The van der Waals surface area contributed by atoms with Crippen molar-refractivity contribution in [2.45, 2.75) is 32.8 Å². The first kappa shape index (κ1) is 20.3. The lowest BCUT2D eigenvalue weighted by Gasteiger charge is -2.09. The van der Waals surface area contributed by atoms with Crippen LogP contribution in [0.4, 0.5) is 5.69 Å². The van der Waals surface area contributed by atoms with Crippen molar-refractivity contribution < 1.29 is 14.6 Å². The van der Waals surface area contributed by atoms with E-state index in [0.29, 0.717) is 6.61 Å². The second-order valence-corrected chi connectivity index (χ2v) is 6.86. The molecule has 3 aromatic carbocycles. The number of carboxylic acid groups (broad SMARTS) is 1. The molecular formula is C25H25NO3. The topological polar surface area (TPSA) is 58.9 Å². The molecule has 0 saturated heterocycles. The standard InChI is InChI=1S/C25H25NO3/c1-2-3-6-19-11-15-23(16-12-19)26-17-22-7-4-5-8-24(22)29-18-20-9-13-21(14-10-20)25(27)28/h4-5,7-17H,2-3,6,18H2,1H3,(H,27,28). The number of ether oxygens (including phenoxy) is 1. The number of hydrogen-bond acceptors (Lipinski definition) is 3. The van der Waals surface area contributed by atoms with Crippen LogP contribution in [-0.2, 0) is 13.0 Å². The summed E-state index contributed by atoms with van der Waals surface area (Å²) in [4.78, 5) is 15.5. The van der Waals surface area contributed by atoms with E-state index in [9.17, 15) is 4.79 Å². The highest BCUT2D eigenvalue weighted by Crippen LogP contribution is 2.20. The quantitative estimate of drug-likeness (QED) is 0.454. The van der Waals surface area contributed by atoms with Gasteiger partial charge in [-0.25, -0.2) is 4.79 Å². The predicted octanol–water partition coefficient (Wildman–Crippen LogP) is 6.06. The zero-order valence-corrected chi connectivity index (χ0v) is 16.5. The lowest BCUT2D eigenvalue weighted by Crippen LogP contribution is -2.00. The van der Waals surface area contributed by atoms with Gasteiger partial charge in [0.1, 0.15) is 12.4 Å². The van der Waals surface area contributed by atoms with Gasteiger partial charge in [0.15, 0.2) is 0 Å². The zero-order valence-electron chi connectivity index (χ0n) is 16.5. The summed E-state index contributed by atoms with van der Waals surface area (Å²) in [5.74, 6) is -0.199. The maximum atomic E-state index is 10.9. The number of aromatic carboxylic acids is 1. The Kier molecular flexibility index (Phi) is 7.17. The Morgan fingerprint density at radius 3 is 2.34 bits per heavy atom. The van der Waals surface area contributed by atoms with Crippen LogP contribution in [0.2, 0.25) is 0 Å². The van der Waals surface area contributed by atoms with Gasteiger partial charge in [-0.2, -0.15) is 0 Å². The molecule has 0 spiro atoms. The Morgan fingerprint density at radius 1 is 0.966 bits per heavy atom. The molecule has 0 radical (unpaired) electrons. The summed E-state index contributed by atoms with van der Waals surface area (Å²) in [6, 6.07) is 22.8. The van der Waals surface area contributed by atoms with Gasteiger partial charge in [0.2, 0.25) is 0 Å². The lowest BCUT2D eigenvalue weighted by molar-refractivity contribution is 0.0697. The SMILES string of the molecule is CCCCc1ccc(N=Cc2ccccc2OCc2ccc(C(=O)O)cc2)cc1. The molecule has 0 heterocycles. The Labute approximate surface area is 171 Å². The van der Waals surface area contributed by atoms with Crippen molar-refractivity contribution in [3.63, 3.8) is 0 Å². The molecule has 148 valence electrons. The van der Waals surface area contributed by atoms with Crippen molar-refractivity contribution in [2.75, 3.05) is 0 Å². The number of benzene rings is 3. The highest BCUT2D eigenvalue weighted by Gasteiger charge is 2.04. The number of carboxylic acids is 1. The fourth-order valence-corrected chi connectivity index (χ4v) is 2.90. The summed E-state index contributed by atoms with van der Waals surface area (Å²) in [6.45, 7) is 2.56. The third-order valence-corrected chi connectivity index (χ3v) is 4.62. The molecule has 29 heavy (non-hydrogen) atoms. The molecule has 0 amide bonds. The summed E-state index contributed by atoms with van der Waals surface area (Å²) < 4.78 is 5.94. The van der Waals surface area contributed by atoms with Crippen LogP contribution in [0.1, 0.15) is 46.8 Å². The molecule has 4 heteroatoms. The fraction of sp³-hybridized carbons (Fsp3) is 0.200. The van der Waals surface area contributed by atoms with E-state index in [0.717, 1.165) is 29.0 Å². The van der Waals surface area contributed by atoms with Gasteiger partial charge in [0.05, 0.1) is 11.3 Å². The Hall–Kier alpha value is -3.40. The van der Waals surface area contributed by atoms with Crippen LogP contribution in [0.15, 0.2) is 77.8 Å². The molecule has 4 nitrogen and oxygen atoms in total. The number of rotatable bonds is 9. The number of nitrogens with zero attached hydrogens (tertiary/aromatic N) is 1. The summed E-state index contributed by atoms with van der Waals surface area (Å²) in [5.41, 5.74) is 4.31. The van der Waals surface area contributed by atoms with Crippen LogP contribution < -0.4 is 4.74 Å². The van der Waals surface area contributed by atoms with Gasteiger partial charge in [0.25, 0.3) is 0 Å². The molecule has 0 atom stereocenters. The Bertz CT molecular complexity index is 960. The second kappa shape index (κ2) is 10.2. The average molecular weight is 387 g/mol. The molecule has 0 aliphatic rings. The maximum Gasteiger partial charge on any atom is 0.335 e. The van der Waals surface area contributed by atoms with Crippen molar-refractivity contribution in [1.29, 1.82) is 0 Å².